The van der Waals surface area contributed by atoms with Crippen molar-refractivity contribution in [3.05, 3.63) is 0 Å². The van der Waals surface area contributed by atoms with Gasteiger partial charge in [0.25, 0.3) is 0 Å². The van der Waals surface area contributed by atoms with E-state index in [2.05, 4.69) is 5.32 Å². The molecule has 2 fully saturated rings. The van der Waals surface area contributed by atoms with Crippen LogP contribution in [0.2, 0.25) is 0 Å². The molecule has 2 rings (SSSR count). The van der Waals surface area contributed by atoms with Crippen LogP contribution >= 0.6 is 11.8 Å². The minimum atomic E-state index is -0.790. The van der Waals surface area contributed by atoms with Crippen LogP contribution in [0.1, 0.15) is 25.7 Å². The van der Waals surface area contributed by atoms with E-state index in [1.807, 2.05) is 11.8 Å². The first-order valence-electron chi connectivity index (χ1n) is 6.53. The normalized spacial score (nSPS) is 25.8. The van der Waals surface area contributed by atoms with E-state index in [9.17, 15) is 9.59 Å². The molecule has 2 heterocycles. The maximum absolute atomic E-state index is 12.0. The summed E-state index contributed by atoms with van der Waals surface area (Å²) in [6.45, 7) is 1.03. The molecule has 0 radical (unpaired) electrons. The van der Waals surface area contributed by atoms with Crippen molar-refractivity contribution in [2.45, 2.75) is 31.7 Å². The fourth-order valence-electron chi connectivity index (χ4n) is 2.47. The summed E-state index contributed by atoms with van der Waals surface area (Å²) in [6, 6.07) is 0.182. The summed E-state index contributed by atoms with van der Waals surface area (Å²) in [5.41, 5.74) is 0. The van der Waals surface area contributed by atoms with Crippen molar-refractivity contribution in [2.24, 2.45) is 5.92 Å². The predicted octanol–water partition coefficient (Wildman–Crippen LogP) is 1.39. The molecule has 0 unspecified atom stereocenters. The van der Waals surface area contributed by atoms with E-state index in [1.165, 1.54) is 0 Å². The van der Waals surface area contributed by atoms with Crippen LogP contribution in [0.3, 0.4) is 0 Å². The summed E-state index contributed by atoms with van der Waals surface area (Å²) in [5, 5.41) is 12.0. The molecule has 0 spiro atoms. The number of likely N-dealkylation sites (tertiary alicyclic amines) is 1. The number of rotatable bonds is 2. The molecule has 18 heavy (non-hydrogen) atoms. The number of carbonyl (C=O) groups is 2. The Bertz CT molecular complexity index is 318. The molecule has 0 aromatic carbocycles. The minimum absolute atomic E-state index is 0.0853. The third-order valence-electron chi connectivity index (χ3n) is 3.61. The molecule has 0 aliphatic carbocycles. The lowest BCUT2D eigenvalue weighted by molar-refractivity contribution is -0.143. The van der Waals surface area contributed by atoms with Crippen LogP contribution in [0, 0.1) is 5.92 Å². The highest BCUT2D eigenvalue weighted by molar-refractivity contribution is 7.99. The highest BCUT2D eigenvalue weighted by Crippen LogP contribution is 2.19. The van der Waals surface area contributed by atoms with Crippen LogP contribution in [-0.4, -0.2) is 52.6 Å². The first-order valence-corrected chi connectivity index (χ1v) is 7.68. The van der Waals surface area contributed by atoms with Crippen LogP contribution in [0.5, 0.6) is 0 Å². The predicted molar refractivity (Wildman–Crippen MR) is 70.8 cm³/mol. The second-order valence-corrected chi connectivity index (χ2v) is 6.18. The monoisotopic (exact) mass is 272 g/mol. The zero-order valence-electron chi connectivity index (χ0n) is 10.4. The Labute approximate surface area is 111 Å². The zero-order chi connectivity index (χ0) is 13.0. The molecule has 0 aromatic rings. The van der Waals surface area contributed by atoms with Crippen molar-refractivity contribution < 1.29 is 14.7 Å². The van der Waals surface area contributed by atoms with Gasteiger partial charge in [-0.25, -0.2) is 4.79 Å². The number of aliphatic carboxylic acids is 1. The lowest BCUT2D eigenvalue weighted by atomic mass is 9.98. The molecule has 2 aliphatic heterocycles. The Kier molecular flexibility index (Phi) is 4.74. The summed E-state index contributed by atoms with van der Waals surface area (Å²) in [7, 11) is 0. The fourth-order valence-corrected chi connectivity index (χ4v) is 3.58. The molecule has 2 saturated heterocycles. The molecule has 0 bridgehead atoms. The van der Waals surface area contributed by atoms with Gasteiger partial charge in [0, 0.05) is 19.1 Å². The molecule has 0 saturated carbocycles. The third-order valence-corrected chi connectivity index (χ3v) is 4.66. The van der Waals surface area contributed by atoms with Crippen molar-refractivity contribution in [1.82, 2.24) is 10.2 Å². The number of hydrogen-bond donors (Lipinski definition) is 2. The second kappa shape index (κ2) is 6.31. The Morgan fingerprint density at radius 2 is 1.94 bits per heavy atom. The van der Waals surface area contributed by atoms with Gasteiger partial charge in [-0.2, -0.15) is 11.8 Å². The number of piperidine rings is 1. The molecule has 2 aliphatic rings. The number of nitrogens with one attached hydrogen (secondary N) is 1. The number of hydrogen-bond acceptors (Lipinski definition) is 3. The van der Waals surface area contributed by atoms with E-state index in [-0.39, 0.29) is 12.1 Å². The molecule has 6 heteroatoms. The van der Waals surface area contributed by atoms with Crippen LogP contribution in [0.4, 0.5) is 4.79 Å². The van der Waals surface area contributed by atoms with E-state index in [4.69, 9.17) is 5.11 Å². The Balaban J connectivity index is 1.82. The molecule has 2 amide bonds. The number of carboxylic acids is 1. The van der Waals surface area contributed by atoms with Gasteiger partial charge in [-0.15, -0.1) is 0 Å². The average Bonchev–Trinajstić information content (AvgIpc) is 2.40. The van der Waals surface area contributed by atoms with Gasteiger partial charge in [-0.1, -0.05) is 0 Å². The lowest BCUT2D eigenvalue weighted by Crippen LogP contribution is -2.50. The molecule has 1 atom stereocenters. The van der Waals surface area contributed by atoms with Gasteiger partial charge in [0.1, 0.15) is 0 Å². The van der Waals surface area contributed by atoms with Crippen LogP contribution in [0.15, 0.2) is 0 Å². The van der Waals surface area contributed by atoms with Crippen molar-refractivity contribution in [3.8, 4) is 0 Å². The lowest BCUT2D eigenvalue weighted by Gasteiger charge is -2.33. The Morgan fingerprint density at radius 3 is 2.61 bits per heavy atom. The van der Waals surface area contributed by atoms with Gasteiger partial charge in [0.15, 0.2) is 0 Å². The molecular formula is C12H20N2O3S. The maximum atomic E-state index is 12.0. The van der Waals surface area contributed by atoms with Crippen molar-refractivity contribution in [3.63, 3.8) is 0 Å². The van der Waals surface area contributed by atoms with Crippen LogP contribution < -0.4 is 5.32 Å². The fraction of sp³-hybridized carbons (Fsp3) is 0.833. The van der Waals surface area contributed by atoms with Crippen LogP contribution in [0.25, 0.3) is 0 Å². The molecule has 102 valence electrons. The van der Waals surface area contributed by atoms with Gasteiger partial charge >= 0.3 is 12.0 Å². The summed E-state index contributed by atoms with van der Waals surface area (Å²) < 4.78 is 0. The van der Waals surface area contributed by atoms with Gasteiger partial charge in [-0.05, 0) is 37.2 Å². The smallest absolute Gasteiger partial charge is 0.317 e. The van der Waals surface area contributed by atoms with Crippen molar-refractivity contribution in [2.75, 3.05) is 24.6 Å². The number of carbonyl (C=O) groups excluding carboxylic acids is 1. The van der Waals surface area contributed by atoms with Gasteiger partial charge in [0.05, 0.1) is 5.92 Å². The highest BCUT2D eigenvalue weighted by Gasteiger charge is 2.29. The van der Waals surface area contributed by atoms with Gasteiger partial charge < -0.3 is 15.3 Å². The van der Waals surface area contributed by atoms with Crippen molar-refractivity contribution in [1.29, 1.82) is 0 Å². The SMILES string of the molecule is O=C(O)[C@H]1CCCN(C(=O)NC2CCSCC2)C1. The standard InChI is InChI=1S/C12H20N2O3S/c15-11(16)9-2-1-5-14(8-9)12(17)13-10-3-6-18-7-4-10/h9-10H,1-8H2,(H,13,17)(H,15,16)/t9-/m0/s1. The quantitative estimate of drug-likeness (QED) is 0.797. The molecule has 2 N–H and O–H groups in total. The number of thioether (sulfide) groups is 1. The topological polar surface area (TPSA) is 69.6 Å². The summed E-state index contributed by atoms with van der Waals surface area (Å²) in [4.78, 5) is 24.7. The average molecular weight is 272 g/mol. The van der Waals surface area contributed by atoms with Gasteiger partial charge in [-0.3, -0.25) is 4.79 Å². The number of amides is 2. The summed E-state index contributed by atoms with van der Waals surface area (Å²) in [6.07, 6.45) is 3.50. The highest BCUT2D eigenvalue weighted by atomic mass is 32.2. The number of urea groups is 1. The third kappa shape index (κ3) is 3.54. The number of nitrogens with zero attached hydrogens (tertiary/aromatic N) is 1. The maximum Gasteiger partial charge on any atom is 0.317 e. The Hall–Kier alpha value is -0.910. The first-order chi connectivity index (χ1) is 8.66. The minimum Gasteiger partial charge on any atom is -0.481 e. The van der Waals surface area contributed by atoms with Crippen LogP contribution in [-0.2, 0) is 4.79 Å². The number of carboxylic acid groups (broad SMARTS) is 1. The van der Waals surface area contributed by atoms with E-state index in [0.29, 0.717) is 19.5 Å². The first kappa shape index (κ1) is 13.5. The zero-order valence-corrected chi connectivity index (χ0v) is 11.2. The summed E-state index contributed by atoms with van der Waals surface area (Å²) >= 11 is 1.92. The Morgan fingerprint density at radius 1 is 1.22 bits per heavy atom. The van der Waals surface area contributed by atoms with E-state index in [0.717, 1.165) is 30.8 Å². The van der Waals surface area contributed by atoms with E-state index < -0.39 is 11.9 Å². The van der Waals surface area contributed by atoms with Crippen molar-refractivity contribution >= 4 is 23.8 Å². The summed E-state index contributed by atoms with van der Waals surface area (Å²) in [5.74, 6) is 1.01. The second-order valence-electron chi connectivity index (χ2n) is 4.96. The van der Waals surface area contributed by atoms with E-state index in [1.54, 1.807) is 4.90 Å². The molecule has 5 nitrogen and oxygen atoms in total. The largest absolute Gasteiger partial charge is 0.481 e. The molecular weight excluding hydrogens is 252 g/mol. The van der Waals surface area contributed by atoms with E-state index >= 15 is 0 Å². The van der Waals surface area contributed by atoms with Gasteiger partial charge in [0.2, 0.25) is 0 Å². The molecule has 0 aromatic heterocycles.